The number of halogens is 1. The van der Waals surface area contributed by atoms with Gasteiger partial charge in [0, 0.05) is 25.2 Å². The zero-order chi connectivity index (χ0) is 8.97. The van der Waals surface area contributed by atoms with E-state index in [9.17, 15) is 0 Å². The summed E-state index contributed by atoms with van der Waals surface area (Å²) in [7, 11) is 2.05. The molecule has 0 amide bonds. The highest BCUT2D eigenvalue weighted by Gasteiger charge is 1.98. The molecule has 0 aliphatic heterocycles. The zero-order valence-corrected chi connectivity index (χ0v) is 8.30. The van der Waals surface area contributed by atoms with Gasteiger partial charge >= 0.3 is 0 Å². The van der Waals surface area contributed by atoms with Gasteiger partial charge in [0.05, 0.1) is 0 Å². The molecule has 0 saturated carbocycles. The normalized spacial score (nSPS) is 9.92. The molecule has 0 aliphatic carbocycles. The minimum Gasteiger partial charge on any atom is -0.373 e. The van der Waals surface area contributed by atoms with Crippen molar-refractivity contribution in [2.75, 3.05) is 24.4 Å². The second-order valence-corrected chi connectivity index (χ2v) is 3.33. The van der Waals surface area contributed by atoms with Gasteiger partial charge in [0.25, 0.3) is 0 Å². The van der Waals surface area contributed by atoms with E-state index in [0.717, 1.165) is 6.54 Å². The zero-order valence-electron chi connectivity index (χ0n) is 7.55. The Hall–Kier alpha value is -0.690. The van der Waals surface area contributed by atoms with Crippen molar-refractivity contribution in [1.82, 2.24) is 0 Å². The summed E-state index contributed by atoms with van der Waals surface area (Å²) in [6, 6.07) is 8.42. The molecule has 1 aromatic carbocycles. The molecule has 0 aromatic heterocycles. The Bertz CT molecular complexity index is 247. The van der Waals surface area contributed by atoms with Crippen molar-refractivity contribution in [3.8, 4) is 0 Å². The van der Waals surface area contributed by atoms with Crippen LogP contribution >= 0.6 is 11.6 Å². The predicted octanol–water partition coefficient (Wildman–Crippen LogP) is 2.67. The molecule has 0 bridgehead atoms. The number of anilines is 1. The quantitative estimate of drug-likeness (QED) is 0.652. The first-order valence-corrected chi connectivity index (χ1v) is 4.61. The van der Waals surface area contributed by atoms with Crippen molar-refractivity contribution in [2.45, 2.75) is 6.92 Å². The largest absolute Gasteiger partial charge is 0.373 e. The third-order valence-corrected chi connectivity index (χ3v) is 2.03. The van der Waals surface area contributed by atoms with Crippen LogP contribution in [0, 0.1) is 6.92 Å². The van der Waals surface area contributed by atoms with Gasteiger partial charge in [-0.3, -0.25) is 0 Å². The average molecular weight is 184 g/mol. The minimum atomic E-state index is 0.671. The van der Waals surface area contributed by atoms with Gasteiger partial charge in [-0.1, -0.05) is 12.1 Å². The summed E-state index contributed by atoms with van der Waals surface area (Å²) in [5, 5.41) is 0. The summed E-state index contributed by atoms with van der Waals surface area (Å²) in [5.41, 5.74) is 2.52. The van der Waals surface area contributed by atoms with Crippen LogP contribution in [0.1, 0.15) is 5.56 Å². The molecule has 66 valence electrons. The molecule has 12 heavy (non-hydrogen) atoms. The van der Waals surface area contributed by atoms with E-state index >= 15 is 0 Å². The van der Waals surface area contributed by atoms with E-state index in [1.165, 1.54) is 11.3 Å². The molecule has 0 spiro atoms. The highest BCUT2D eigenvalue weighted by atomic mass is 35.5. The van der Waals surface area contributed by atoms with E-state index < -0.39 is 0 Å². The molecule has 0 aliphatic rings. The summed E-state index contributed by atoms with van der Waals surface area (Å²) >= 11 is 5.64. The molecule has 0 N–H and O–H groups in total. The van der Waals surface area contributed by atoms with Gasteiger partial charge in [0.15, 0.2) is 0 Å². The van der Waals surface area contributed by atoms with Crippen molar-refractivity contribution in [3.63, 3.8) is 0 Å². The van der Waals surface area contributed by atoms with E-state index in [4.69, 9.17) is 11.6 Å². The van der Waals surface area contributed by atoms with E-state index in [1.807, 2.05) is 0 Å². The number of benzene rings is 1. The topological polar surface area (TPSA) is 3.24 Å². The van der Waals surface area contributed by atoms with Crippen molar-refractivity contribution in [3.05, 3.63) is 29.8 Å². The Kier molecular flexibility index (Phi) is 3.42. The predicted molar refractivity (Wildman–Crippen MR) is 55.2 cm³/mol. The molecule has 0 saturated heterocycles. The van der Waals surface area contributed by atoms with Gasteiger partial charge in [-0.2, -0.15) is 0 Å². The van der Waals surface area contributed by atoms with Crippen LogP contribution in [0.25, 0.3) is 0 Å². The first-order valence-electron chi connectivity index (χ1n) is 4.08. The maximum absolute atomic E-state index is 5.64. The van der Waals surface area contributed by atoms with E-state index in [2.05, 4.69) is 43.1 Å². The van der Waals surface area contributed by atoms with Crippen LogP contribution in [0.4, 0.5) is 5.69 Å². The SMILES string of the molecule is Cc1cccc(N(C)CCCl)c1. The van der Waals surface area contributed by atoms with Gasteiger partial charge in [-0.05, 0) is 24.6 Å². The molecule has 0 fully saturated rings. The van der Waals surface area contributed by atoms with Crippen molar-refractivity contribution in [2.24, 2.45) is 0 Å². The molecule has 1 nitrogen and oxygen atoms in total. The van der Waals surface area contributed by atoms with Crippen LogP contribution in [-0.4, -0.2) is 19.5 Å². The molecule has 2 heteroatoms. The lowest BCUT2D eigenvalue weighted by Crippen LogP contribution is -2.19. The van der Waals surface area contributed by atoms with Crippen LogP contribution in [0.2, 0.25) is 0 Å². The first kappa shape index (κ1) is 9.40. The molecule has 0 unspecified atom stereocenters. The number of hydrogen-bond donors (Lipinski definition) is 0. The summed E-state index contributed by atoms with van der Waals surface area (Å²) in [4.78, 5) is 2.15. The molecule has 0 atom stereocenters. The van der Waals surface area contributed by atoms with Gasteiger partial charge in [-0.15, -0.1) is 11.6 Å². The van der Waals surface area contributed by atoms with Gasteiger partial charge < -0.3 is 4.90 Å². The fourth-order valence-corrected chi connectivity index (χ4v) is 1.37. The smallest absolute Gasteiger partial charge is 0.0399 e. The first-order chi connectivity index (χ1) is 5.74. The van der Waals surface area contributed by atoms with Crippen LogP contribution < -0.4 is 4.90 Å². The Morgan fingerprint density at radius 2 is 2.17 bits per heavy atom. The second-order valence-electron chi connectivity index (χ2n) is 2.95. The molecular weight excluding hydrogens is 170 g/mol. The van der Waals surface area contributed by atoms with Gasteiger partial charge in [0.1, 0.15) is 0 Å². The average Bonchev–Trinajstić information content (AvgIpc) is 2.05. The second kappa shape index (κ2) is 4.36. The van der Waals surface area contributed by atoms with Gasteiger partial charge in [0.2, 0.25) is 0 Å². The van der Waals surface area contributed by atoms with Crippen molar-refractivity contribution < 1.29 is 0 Å². The Balaban J connectivity index is 2.73. The lowest BCUT2D eigenvalue weighted by molar-refractivity contribution is 0.972. The van der Waals surface area contributed by atoms with Gasteiger partial charge in [-0.25, -0.2) is 0 Å². The Morgan fingerprint density at radius 1 is 1.42 bits per heavy atom. The van der Waals surface area contributed by atoms with Crippen LogP contribution in [0.15, 0.2) is 24.3 Å². The highest BCUT2D eigenvalue weighted by molar-refractivity contribution is 6.18. The fraction of sp³-hybridized carbons (Fsp3) is 0.400. The lowest BCUT2D eigenvalue weighted by Gasteiger charge is -2.17. The lowest BCUT2D eigenvalue weighted by atomic mass is 10.2. The summed E-state index contributed by atoms with van der Waals surface area (Å²) < 4.78 is 0. The number of alkyl halides is 1. The number of aryl methyl sites for hydroxylation is 1. The standard InChI is InChI=1S/C10H14ClN/c1-9-4-3-5-10(8-9)12(2)7-6-11/h3-5,8H,6-7H2,1-2H3. The number of rotatable bonds is 3. The van der Waals surface area contributed by atoms with Crippen LogP contribution in [0.5, 0.6) is 0 Å². The third-order valence-electron chi connectivity index (χ3n) is 1.86. The summed E-state index contributed by atoms with van der Waals surface area (Å²) in [6.45, 7) is 2.99. The van der Waals surface area contributed by atoms with E-state index in [-0.39, 0.29) is 0 Å². The van der Waals surface area contributed by atoms with Crippen molar-refractivity contribution >= 4 is 17.3 Å². The van der Waals surface area contributed by atoms with Crippen LogP contribution in [-0.2, 0) is 0 Å². The molecule has 1 rings (SSSR count). The molecule has 1 aromatic rings. The Morgan fingerprint density at radius 3 is 2.75 bits per heavy atom. The molecule has 0 heterocycles. The Labute approximate surface area is 79.0 Å². The number of nitrogens with zero attached hydrogens (tertiary/aromatic N) is 1. The fourth-order valence-electron chi connectivity index (χ4n) is 1.12. The molecule has 0 radical (unpaired) electrons. The monoisotopic (exact) mass is 183 g/mol. The molecular formula is C10H14ClN. The summed E-state index contributed by atoms with van der Waals surface area (Å²) in [6.07, 6.45) is 0. The van der Waals surface area contributed by atoms with E-state index in [1.54, 1.807) is 0 Å². The highest BCUT2D eigenvalue weighted by Crippen LogP contribution is 2.13. The number of hydrogen-bond acceptors (Lipinski definition) is 1. The van der Waals surface area contributed by atoms with Crippen molar-refractivity contribution in [1.29, 1.82) is 0 Å². The minimum absolute atomic E-state index is 0.671. The van der Waals surface area contributed by atoms with Crippen LogP contribution in [0.3, 0.4) is 0 Å². The summed E-state index contributed by atoms with van der Waals surface area (Å²) in [5.74, 6) is 0.671. The maximum atomic E-state index is 5.64. The van der Waals surface area contributed by atoms with E-state index in [0.29, 0.717) is 5.88 Å². The third kappa shape index (κ3) is 2.42. The maximum Gasteiger partial charge on any atom is 0.0399 e.